The fourth-order valence-corrected chi connectivity index (χ4v) is 2.94. The van der Waals surface area contributed by atoms with Crippen molar-refractivity contribution < 1.29 is 13.9 Å². The van der Waals surface area contributed by atoms with Gasteiger partial charge in [-0.05, 0) is 43.2 Å². The Hall–Kier alpha value is -2.93. The van der Waals surface area contributed by atoms with Gasteiger partial charge in [0.2, 0.25) is 0 Å². The number of fused-ring (bicyclic) bond motifs is 1. The molecular weight excluding hydrogens is 346 g/mol. The van der Waals surface area contributed by atoms with Crippen LogP contribution in [0.1, 0.15) is 24.5 Å². The molecule has 3 rings (SSSR count). The number of benzene rings is 1. The Morgan fingerprint density at radius 3 is 2.93 bits per heavy atom. The van der Waals surface area contributed by atoms with E-state index < -0.39 is 5.76 Å². The molecule has 0 radical (unpaired) electrons. The summed E-state index contributed by atoms with van der Waals surface area (Å²) in [6.45, 7) is 5.42. The van der Waals surface area contributed by atoms with Crippen LogP contribution in [0, 0.1) is 6.92 Å². The average Bonchev–Trinajstić information content (AvgIpc) is 2.96. The predicted octanol–water partition coefficient (Wildman–Crippen LogP) is 2.71. The molecule has 1 aromatic carbocycles. The maximum atomic E-state index is 12.3. The van der Waals surface area contributed by atoms with Gasteiger partial charge in [-0.15, -0.1) is 0 Å². The molecule has 0 atom stereocenters. The van der Waals surface area contributed by atoms with Crippen LogP contribution in [0.15, 0.2) is 51.9 Å². The van der Waals surface area contributed by atoms with Gasteiger partial charge < -0.3 is 9.15 Å². The molecule has 0 spiro atoms. The Morgan fingerprint density at radius 1 is 1.33 bits per heavy atom. The topological polar surface area (TPSA) is 77.6 Å². The number of aryl methyl sites for hydroxylation is 1. The van der Waals surface area contributed by atoms with Crippen molar-refractivity contribution in [3.8, 4) is 0 Å². The monoisotopic (exact) mass is 369 g/mol. The molecule has 0 aliphatic carbocycles. The molecule has 2 aromatic heterocycles. The van der Waals surface area contributed by atoms with Crippen LogP contribution in [0.4, 0.5) is 0 Å². The lowest BCUT2D eigenvalue weighted by atomic mass is 10.2. The molecule has 0 amide bonds. The average molecular weight is 369 g/mol. The number of pyridine rings is 1. The van der Waals surface area contributed by atoms with E-state index in [9.17, 15) is 9.59 Å². The smallest absolute Gasteiger partial charge is 0.421 e. The maximum absolute atomic E-state index is 12.3. The zero-order valence-corrected chi connectivity index (χ0v) is 15.6. The van der Waals surface area contributed by atoms with E-state index in [1.807, 2.05) is 36.1 Å². The molecule has 0 bridgehead atoms. The van der Waals surface area contributed by atoms with Crippen LogP contribution in [0.25, 0.3) is 11.1 Å². The van der Waals surface area contributed by atoms with Crippen molar-refractivity contribution in [3.05, 3.63) is 64.4 Å². The Balaban J connectivity index is 1.84. The summed E-state index contributed by atoms with van der Waals surface area (Å²) in [5, 5.41) is 0. The first kappa shape index (κ1) is 18.8. The second kappa shape index (κ2) is 8.64. The van der Waals surface area contributed by atoms with Crippen LogP contribution in [-0.2, 0) is 22.7 Å². The lowest BCUT2D eigenvalue weighted by Gasteiger charge is -2.22. The minimum absolute atomic E-state index is 0.248. The molecule has 142 valence electrons. The van der Waals surface area contributed by atoms with Gasteiger partial charge in [-0.3, -0.25) is 19.2 Å². The van der Waals surface area contributed by atoms with Crippen LogP contribution in [0.2, 0.25) is 0 Å². The van der Waals surface area contributed by atoms with Crippen molar-refractivity contribution in [3.63, 3.8) is 0 Å². The largest absolute Gasteiger partial charge is 0.466 e. The molecular formula is C20H23N3O4. The van der Waals surface area contributed by atoms with E-state index in [-0.39, 0.29) is 12.4 Å². The second-order valence-corrected chi connectivity index (χ2v) is 6.38. The predicted molar refractivity (Wildman–Crippen MR) is 101 cm³/mol. The van der Waals surface area contributed by atoms with E-state index in [0.29, 0.717) is 31.9 Å². The van der Waals surface area contributed by atoms with Crippen LogP contribution in [-0.4, -0.2) is 33.6 Å². The first-order valence-electron chi connectivity index (χ1n) is 8.93. The Labute approximate surface area is 157 Å². The number of rotatable bonds is 8. The van der Waals surface area contributed by atoms with Crippen LogP contribution in [0.5, 0.6) is 0 Å². The number of esters is 1. The second-order valence-electron chi connectivity index (χ2n) is 6.38. The molecule has 3 aromatic rings. The van der Waals surface area contributed by atoms with E-state index in [1.165, 1.54) is 0 Å². The third kappa shape index (κ3) is 4.83. The SMILES string of the molecule is CCOC(=O)CCN(Cc1cccnc1)Cn1c(=O)oc2ccc(C)cc21. The van der Waals surface area contributed by atoms with Crippen LogP contribution < -0.4 is 5.76 Å². The lowest BCUT2D eigenvalue weighted by molar-refractivity contribution is -0.143. The van der Waals surface area contributed by atoms with Crippen molar-refractivity contribution in [2.75, 3.05) is 13.2 Å². The van der Waals surface area contributed by atoms with Gasteiger partial charge in [0.15, 0.2) is 5.58 Å². The molecule has 27 heavy (non-hydrogen) atoms. The van der Waals surface area contributed by atoms with E-state index in [2.05, 4.69) is 4.98 Å². The number of aromatic nitrogens is 2. The van der Waals surface area contributed by atoms with Gasteiger partial charge in [-0.25, -0.2) is 4.79 Å². The molecule has 0 saturated heterocycles. The molecule has 0 saturated carbocycles. The standard InChI is InChI=1S/C20H23N3O4/c1-3-26-19(24)8-10-22(13-16-5-4-9-21-12-16)14-23-17-11-15(2)6-7-18(17)27-20(23)25/h4-7,9,11-12H,3,8,10,13-14H2,1-2H3. The normalized spacial score (nSPS) is 11.2. The van der Waals surface area contributed by atoms with Gasteiger partial charge in [-0.2, -0.15) is 0 Å². The fourth-order valence-electron chi connectivity index (χ4n) is 2.94. The Morgan fingerprint density at radius 2 is 2.19 bits per heavy atom. The van der Waals surface area contributed by atoms with Crippen molar-refractivity contribution in [2.24, 2.45) is 0 Å². The van der Waals surface area contributed by atoms with Gasteiger partial charge in [-0.1, -0.05) is 12.1 Å². The number of oxazole rings is 1. The first-order chi connectivity index (χ1) is 13.1. The van der Waals surface area contributed by atoms with Gasteiger partial charge in [0.25, 0.3) is 0 Å². The summed E-state index contributed by atoms with van der Waals surface area (Å²) in [4.78, 5) is 30.3. The van der Waals surface area contributed by atoms with Gasteiger partial charge in [0, 0.05) is 25.5 Å². The minimum atomic E-state index is -0.414. The summed E-state index contributed by atoms with van der Waals surface area (Å²) in [5.41, 5.74) is 3.34. The van der Waals surface area contributed by atoms with Gasteiger partial charge >= 0.3 is 11.7 Å². The summed E-state index contributed by atoms with van der Waals surface area (Å²) in [6, 6.07) is 9.46. The number of hydrogen-bond acceptors (Lipinski definition) is 6. The highest BCUT2D eigenvalue weighted by atomic mass is 16.5. The Kier molecular flexibility index (Phi) is 6.03. The summed E-state index contributed by atoms with van der Waals surface area (Å²) in [5.74, 6) is -0.670. The fraction of sp³-hybridized carbons (Fsp3) is 0.350. The highest BCUT2D eigenvalue weighted by Gasteiger charge is 2.15. The van der Waals surface area contributed by atoms with Crippen molar-refractivity contribution in [1.82, 2.24) is 14.5 Å². The minimum Gasteiger partial charge on any atom is -0.466 e. The maximum Gasteiger partial charge on any atom is 0.421 e. The number of nitrogens with zero attached hydrogens (tertiary/aromatic N) is 3. The quantitative estimate of drug-likeness (QED) is 0.568. The summed E-state index contributed by atoms with van der Waals surface area (Å²) in [7, 11) is 0. The molecule has 0 aliphatic heterocycles. The van der Waals surface area contributed by atoms with Gasteiger partial charge in [0.05, 0.1) is 25.2 Å². The molecule has 0 N–H and O–H groups in total. The number of hydrogen-bond donors (Lipinski definition) is 0. The lowest BCUT2D eigenvalue weighted by Crippen LogP contribution is -2.32. The molecule has 0 aliphatic rings. The number of carbonyl (C=O) groups is 1. The summed E-state index contributed by atoms with van der Waals surface area (Å²) < 4.78 is 12.0. The number of ether oxygens (including phenoxy) is 1. The highest BCUT2D eigenvalue weighted by molar-refractivity contribution is 5.73. The van der Waals surface area contributed by atoms with E-state index >= 15 is 0 Å². The number of carbonyl (C=O) groups excluding carboxylic acids is 1. The van der Waals surface area contributed by atoms with E-state index in [0.717, 1.165) is 16.6 Å². The molecule has 2 heterocycles. The van der Waals surface area contributed by atoms with Crippen molar-refractivity contribution in [1.29, 1.82) is 0 Å². The summed E-state index contributed by atoms with van der Waals surface area (Å²) >= 11 is 0. The van der Waals surface area contributed by atoms with Crippen LogP contribution in [0.3, 0.4) is 0 Å². The van der Waals surface area contributed by atoms with Crippen LogP contribution >= 0.6 is 0 Å². The summed E-state index contributed by atoms with van der Waals surface area (Å²) in [6.07, 6.45) is 3.73. The molecule has 7 heteroatoms. The van der Waals surface area contributed by atoms with Gasteiger partial charge in [0.1, 0.15) is 0 Å². The zero-order chi connectivity index (χ0) is 19.2. The van der Waals surface area contributed by atoms with E-state index in [4.69, 9.17) is 9.15 Å². The molecule has 0 unspecified atom stereocenters. The molecule has 7 nitrogen and oxygen atoms in total. The first-order valence-corrected chi connectivity index (χ1v) is 8.93. The van der Waals surface area contributed by atoms with E-state index in [1.54, 1.807) is 30.0 Å². The van der Waals surface area contributed by atoms with Crippen molar-refractivity contribution >= 4 is 17.1 Å². The highest BCUT2D eigenvalue weighted by Crippen LogP contribution is 2.16. The van der Waals surface area contributed by atoms with Crippen molar-refractivity contribution in [2.45, 2.75) is 33.5 Å². The molecule has 0 fully saturated rings. The Bertz CT molecular complexity index is 962. The third-order valence-electron chi connectivity index (χ3n) is 4.23. The third-order valence-corrected chi connectivity index (χ3v) is 4.23. The zero-order valence-electron chi connectivity index (χ0n) is 15.6.